The summed E-state index contributed by atoms with van der Waals surface area (Å²) >= 11 is 4.13. The van der Waals surface area contributed by atoms with Gasteiger partial charge in [0.1, 0.15) is 54.1 Å². The molecular formula is C48H67N11O16S. The molecule has 0 aliphatic carbocycles. The number of aromatic hydroxyl groups is 1. The first kappa shape index (κ1) is 62.4. The number of carboxylic acids is 3. The number of rotatable bonds is 33. The third-order valence-corrected chi connectivity index (χ3v) is 12.3. The van der Waals surface area contributed by atoms with Crippen LogP contribution in [0.25, 0.3) is 0 Å². The van der Waals surface area contributed by atoms with Crippen LogP contribution in [-0.2, 0) is 70.4 Å². The molecule has 0 spiro atoms. The number of likely N-dealkylation sites (tertiary alicyclic amines) is 1. The summed E-state index contributed by atoms with van der Waals surface area (Å²) in [4.78, 5) is 158. The number of carbonyl (C=O) groups is 12. The van der Waals surface area contributed by atoms with Gasteiger partial charge in [-0.2, -0.15) is 12.6 Å². The number of nitrogens with zero attached hydrogens (tertiary/aromatic N) is 1. The highest BCUT2D eigenvalue weighted by molar-refractivity contribution is 7.80. The summed E-state index contributed by atoms with van der Waals surface area (Å²) in [6, 6.07) is 1.52. The summed E-state index contributed by atoms with van der Waals surface area (Å²) in [6.45, 7) is -0.254. The quantitative estimate of drug-likeness (QED) is 0.0241. The van der Waals surface area contributed by atoms with E-state index in [0.717, 1.165) is 0 Å². The Morgan fingerprint density at radius 1 is 0.592 bits per heavy atom. The molecule has 9 amide bonds. The Hall–Kier alpha value is -7.85. The lowest BCUT2D eigenvalue weighted by Gasteiger charge is -2.31. The summed E-state index contributed by atoms with van der Waals surface area (Å²) in [5.74, 6) is -13.4. The zero-order valence-corrected chi connectivity index (χ0v) is 42.3. The second-order valence-corrected chi connectivity index (χ2v) is 18.1. The SMILES string of the molecule is NCCCC[C@H](NC(=O)[C@H](CCC(=O)O)NC(=O)CN)C(=O)N1CCC[C@H]1C(=O)N[C@@H](Cc1ccc(O)cc1)C(=O)N[C@@H](CCC(N)=O)C(=O)N[C@@H](CS)C(=O)N[C@@H](CC(=O)O)C(=O)N[C@@H](Cc1ccccc1)C(=O)O. The second kappa shape index (κ2) is 31.8. The van der Waals surface area contributed by atoms with Gasteiger partial charge in [0.25, 0.3) is 0 Å². The Bertz CT molecular complexity index is 2380. The maximum Gasteiger partial charge on any atom is 0.326 e. The van der Waals surface area contributed by atoms with Gasteiger partial charge in [0, 0.05) is 38.0 Å². The lowest BCUT2D eigenvalue weighted by molar-refractivity contribution is -0.143. The molecule has 28 heteroatoms. The number of nitrogens with two attached hydrogens (primary N) is 3. The molecule has 1 aliphatic heterocycles. The number of carboxylic acid groups (broad SMARTS) is 3. The number of hydrogen-bond acceptors (Lipinski definition) is 16. The molecule has 2 aromatic rings. The fourth-order valence-electron chi connectivity index (χ4n) is 7.93. The Morgan fingerprint density at radius 2 is 1.12 bits per heavy atom. The average Bonchev–Trinajstić information content (AvgIpc) is 3.88. The van der Waals surface area contributed by atoms with E-state index in [-0.39, 0.29) is 50.9 Å². The van der Waals surface area contributed by atoms with Crippen molar-refractivity contribution in [2.24, 2.45) is 17.2 Å². The zero-order valence-electron chi connectivity index (χ0n) is 41.4. The van der Waals surface area contributed by atoms with Crippen LogP contribution < -0.4 is 54.4 Å². The van der Waals surface area contributed by atoms with Crippen LogP contribution >= 0.6 is 12.6 Å². The van der Waals surface area contributed by atoms with Crippen molar-refractivity contribution in [3.05, 3.63) is 65.7 Å². The highest BCUT2D eigenvalue weighted by atomic mass is 32.1. The van der Waals surface area contributed by atoms with Gasteiger partial charge in [0.2, 0.25) is 53.2 Å². The number of nitrogens with one attached hydrogen (secondary N) is 7. The maximum absolute atomic E-state index is 14.3. The third kappa shape index (κ3) is 21.2. The second-order valence-electron chi connectivity index (χ2n) is 17.8. The van der Waals surface area contributed by atoms with Crippen molar-refractivity contribution in [2.75, 3.05) is 25.4 Å². The number of primary amides is 1. The minimum absolute atomic E-state index is 0.0233. The van der Waals surface area contributed by atoms with Crippen molar-refractivity contribution < 1.29 is 78.0 Å². The van der Waals surface area contributed by atoms with Crippen molar-refractivity contribution in [3.63, 3.8) is 0 Å². The van der Waals surface area contributed by atoms with E-state index in [0.29, 0.717) is 30.4 Å². The minimum atomic E-state index is -1.86. The van der Waals surface area contributed by atoms with Crippen molar-refractivity contribution in [1.82, 2.24) is 42.1 Å². The predicted octanol–water partition coefficient (Wildman–Crippen LogP) is -3.73. The van der Waals surface area contributed by atoms with Crippen molar-refractivity contribution >= 4 is 83.7 Å². The molecule has 1 heterocycles. The standard InChI is InChI=1S/C48H67N11O16S/c49-19-5-4-9-31(54-41(67)29(16-18-39(63)64)52-38(62)24-50)47(73)59-20-6-10-36(59)46(72)56-32(21-27-11-13-28(60)14-12-27)43(69)53-30(15-17-37(51)61)42(68)58-35(25-76)45(71)55-33(23-40(65)66)44(70)57-34(48(74)75)22-26-7-2-1-3-8-26/h1-3,7-8,11-14,29-36,60,76H,4-6,9-10,15-25,49-50H2,(H2,51,61)(H,52,62)(H,53,69)(H,54,67)(H,55,71)(H,56,72)(H,57,70)(H,58,68)(H,63,64)(H,65,66)(H,74,75)/t29-,30-,31-,32-,33-,34-,35-,36-/m0/s1. The maximum atomic E-state index is 14.3. The highest BCUT2D eigenvalue weighted by Crippen LogP contribution is 2.21. The summed E-state index contributed by atoms with van der Waals surface area (Å²) in [5.41, 5.74) is 17.4. The Morgan fingerprint density at radius 3 is 1.70 bits per heavy atom. The Kier molecular flexibility index (Phi) is 26.1. The molecule has 0 bridgehead atoms. The molecule has 0 aromatic heterocycles. The molecule has 1 aliphatic rings. The van der Waals surface area contributed by atoms with E-state index in [1.54, 1.807) is 30.3 Å². The van der Waals surface area contributed by atoms with Crippen LogP contribution in [0.2, 0.25) is 0 Å². The molecule has 2 aromatic carbocycles. The molecule has 27 nitrogen and oxygen atoms in total. The molecule has 416 valence electrons. The van der Waals surface area contributed by atoms with Gasteiger partial charge in [-0.25, -0.2) is 4.79 Å². The molecule has 3 rings (SSSR count). The highest BCUT2D eigenvalue weighted by Gasteiger charge is 2.40. The van der Waals surface area contributed by atoms with Gasteiger partial charge in [-0.15, -0.1) is 0 Å². The number of hydrogen-bond donors (Lipinski definition) is 15. The van der Waals surface area contributed by atoms with E-state index in [9.17, 15) is 78.0 Å². The number of carbonyl (C=O) groups excluding carboxylic acids is 9. The Balaban J connectivity index is 1.88. The summed E-state index contributed by atoms with van der Waals surface area (Å²) in [5, 5.41) is 55.4. The van der Waals surface area contributed by atoms with Crippen LogP contribution in [0.1, 0.15) is 75.3 Å². The van der Waals surface area contributed by atoms with E-state index in [2.05, 4.69) is 49.8 Å². The van der Waals surface area contributed by atoms with E-state index in [1.165, 1.54) is 29.2 Å². The fourth-order valence-corrected chi connectivity index (χ4v) is 8.19. The molecule has 0 unspecified atom stereocenters. The number of phenols is 1. The number of thiol groups is 1. The van der Waals surface area contributed by atoms with Gasteiger partial charge in [-0.05, 0) is 74.8 Å². The Labute approximate surface area is 442 Å². The van der Waals surface area contributed by atoms with Crippen LogP contribution in [0.4, 0.5) is 0 Å². The van der Waals surface area contributed by atoms with Crippen molar-refractivity contribution in [1.29, 1.82) is 0 Å². The lowest BCUT2D eigenvalue weighted by Crippen LogP contribution is -2.60. The third-order valence-electron chi connectivity index (χ3n) is 11.9. The molecule has 0 radical (unpaired) electrons. The number of unbranched alkanes of at least 4 members (excludes halogenated alkanes) is 1. The van der Waals surface area contributed by atoms with Crippen LogP contribution in [0, 0.1) is 0 Å². The molecule has 8 atom stereocenters. The first-order chi connectivity index (χ1) is 36.1. The number of phenolic OH excluding ortho intramolecular Hbond substituents is 1. The molecule has 0 saturated carbocycles. The molecular weight excluding hydrogens is 1020 g/mol. The number of aliphatic carboxylic acids is 3. The first-order valence-electron chi connectivity index (χ1n) is 24.3. The topological polar surface area (TPSA) is 451 Å². The predicted molar refractivity (Wildman–Crippen MR) is 271 cm³/mol. The summed E-state index contributed by atoms with van der Waals surface area (Å²) in [6.07, 6.45) is -2.14. The zero-order chi connectivity index (χ0) is 56.5. The summed E-state index contributed by atoms with van der Waals surface area (Å²) < 4.78 is 0. The monoisotopic (exact) mass is 1090 g/mol. The largest absolute Gasteiger partial charge is 0.508 e. The molecule has 17 N–H and O–H groups in total. The van der Waals surface area contributed by atoms with Gasteiger partial charge >= 0.3 is 17.9 Å². The van der Waals surface area contributed by atoms with Crippen molar-refractivity contribution in [2.45, 2.75) is 125 Å². The van der Waals surface area contributed by atoms with Gasteiger partial charge in [0.05, 0.1) is 13.0 Å². The number of amides is 9. The molecule has 1 saturated heterocycles. The molecule has 76 heavy (non-hydrogen) atoms. The smallest absolute Gasteiger partial charge is 0.326 e. The van der Waals surface area contributed by atoms with Crippen LogP contribution in [-0.4, -0.2) is 170 Å². The van der Waals surface area contributed by atoms with Gasteiger partial charge in [-0.3, -0.25) is 52.7 Å². The normalized spacial score (nSPS) is 15.7. The first-order valence-corrected chi connectivity index (χ1v) is 24.9. The summed E-state index contributed by atoms with van der Waals surface area (Å²) in [7, 11) is 0. The van der Waals surface area contributed by atoms with Crippen LogP contribution in [0.3, 0.4) is 0 Å². The lowest BCUT2D eigenvalue weighted by atomic mass is 10.0. The minimum Gasteiger partial charge on any atom is -0.508 e. The van der Waals surface area contributed by atoms with Gasteiger partial charge < -0.3 is 79.7 Å². The van der Waals surface area contributed by atoms with Crippen LogP contribution in [0.15, 0.2) is 54.6 Å². The van der Waals surface area contributed by atoms with E-state index >= 15 is 0 Å². The molecule has 1 fully saturated rings. The van der Waals surface area contributed by atoms with Gasteiger partial charge in [-0.1, -0.05) is 42.5 Å². The van der Waals surface area contributed by atoms with E-state index in [1.807, 2.05) is 0 Å². The number of benzene rings is 2. The average molecular weight is 1090 g/mol. The fraction of sp³-hybridized carbons (Fsp3) is 0.500. The van der Waals surface area contributed by atoms with Gasteiger partial charge in [0.15, 0.2) is 0 Å². The van der Waals surface area contributed by atoms with Crippen LogP contribution in [0.5, 0.6) is 5.75 Å². The van der Waals surface area contributed by atoms with Crippen molar-refractivity contribution in [3.8, 4) is 5.75 Å². The van der Waals surface area contributed by atoms with E-state index in [4.69, 9.17) is 17.2 Å². The van der Waals surface area contributed by atoms with E-state index < -0.39 is 157 Å².